The van der Waals surface area contributed by atoms with E-state index >= 15 is 0 Å². The standard InChI is InChI=1S/C15H12O2/c1-2-10-3-5-14-12(7-10)13-8-11(9-16)4-6-15(13)17-14/h3-9H,2H2,1H3. The van der Waals surface area contributed by atoms with Crippen LogP contribution in [0.5, 0.6) is 0 Å². The number of carbonyl (C=O) groups is 1. The van der Waals surface area contributed by atoms with Crippen molar-refractivity contribution >= 4 is 28.2 Å². The summed E-state index contributed by atoms with van der Waals surface area (Å²) in [6, 6.07) is 11.7. The number of aldehydes is 1. The van der Waals surface area contributed by atoms with E-state index in [9.17, 15) is 4.79 Å². The molecule has 2 heteroatoms. The third-order valence-electron chi connectivity index (χ3n) is 3.10. The van der Waals surface area contributed by atoms with Crippen LogP contribution in [0.4, 0.5) is 0 Å². The first-order valence-electron chi connectivity index (χ1n) is 5.72. The van der Waals surface area contributed by atoms with Gasteiger partial charge in [0.05, 0.1) is 0 Å². The predicted octanol–water partition coefficient (Wildman–Crippen LogP) is 3.96. The van der Waals surface area contributed by atoms with Gasteiger partial charge in [-0.15, -0.1) is 0 Å². The summed E-state index contributed by atoms with van der Waals surface area (Å²) in [4.78, 5) is 10.8. The van der Waals surface area contributed by atoms with E-state index in [-0.39, 0.29) is 0 Å². The van der Waals surface area contributed by atoms with Crippen molar-refractivity contribution in [2.24, 2.45) is 0 Å². The van der Waals surface area contributed by atoms with Gasteiger partial charge in [0.1, 0.15) is 17.5 Å². The molecule has 0 radical (unpaired) electrons. The summed E-state index contributed by atoms with van der Waals surface area (Å²) in [5.41, 5.74) is 3.66. The van der Waals surface area contributed by atoms with Crippen LogP contribution in [0.25, 0.3) is 21.9 Å². The maximum atomic E-state index is 10.8. The highest BCUT2D eigenvalue weighted by molar-refractivity contribution is 6.06. The van der Waals surface area contributed by atoms with E-state index in [2.05, 4.69) is 19.1 Å². The van der Waals surface area contributed by atoms with Crippen LogP contribution in [-0.2, 0) is 6.42 Å². The van der Waals surface area contributed by atoms with Crippen molar-refractivity contribution in [1.29, 1.82) is 0 Å². The number of furan rings is 1. The molecule has 2 nitrogen and oxygen atoms in total. The minimum atomic E-state index is 0.683. The Kier molecular flexibility index (Phi) is 2.22. The summed E-state index contributed by atoms with van der Waals surface area (Å²) < 4.78 is 5.74. The lowest BCUT2D eigenvalue weighted by molar-refractivity contribution is 0.112. The van der Waals surface area contributed by atoms with E-state index in [1.54, 1.807) is 6.07 Å². The number of aryl methyl sites for hydroxylation is 1. The average Bonchev–Trinajstić information content (AvgIpc) is 2.75. The van der Waals surface area contributed by atoms with Gasteiger partial charge >= 0.3 is 0 Å². The highest BCUT2D eigenvalue weighted by Crippen LogP contribution is 2.29. The first-order valence-corrected chi connectivity index (χ1v) is 5.72. The highest BCUT2D eigenvalue weighted by Gasteiger charge is 2.07. The molecule has 3 rings (SSSR count). The monoisotopic (exact) mass is 224 g/mol. The van der Waals surface area contributed by atoms with Crippen molar-refractivity contribution in [3.8, 4) is 0 Å². The second-order valence-corrected chi connectivity index (χ2v) is 4.16. The van der Waals surface area contributed by atoms with Gasteiger partial charge in [-0.3, -0.25) is 4.79 Å². The van der Waals surface area contributed by atoms with Gasteiger partial charge in [0.25, 0.3) is 0 Å². The summed E-state index contributed by atoms with van der Waals surface area (Å²) in [7, 11) is 0. The van der Waals surface area contributed by atoms with Crippen molar-refractivity contribution in [3.63, 3.8) is 0 Å². The van der Waals surface area contributed by atoms with Crippen molar-refractivity contribution in [3.05, 3.63) is 47.5 Å². The summed E-state index contributed by atoms with van der Waals surface area (Å²) in [6.45, 7) is 2.13. The van der Waals surface area contributed by atoms with Gasteiger partial charge in [0.2, 0.25) is 0 Å². The predicted molar refractivity (Wildman–Crippen MR) is 68.5 cm³/mol. The highest BCUT2D eigenvalue weighted by atomic mass is 16.3. The van der Waals surface area contributed by atoms with Gasteiger partial charge in [0.15, 0.2) is 0 Å². The maximum absolute atomic E-state index is 10.8. The normalized spacial score (nSPS) is 11.1. The zero-order valence-electron chi connectivity index (χ0n) is 9.57. The second-order valence-electron chi connectivity index (χ2n) is 4.16. The van der Waals surface area contributed by atoms with Gasteiger partial charge in [-0.2, -0.15) is 0 Å². The number of hydrogen-bond acceptors (Lipinski definition) is 2. The quantitative estimate of drug-likeness (QED) is 0.617. The Morgan fingerprint density at radius 2 is 1.76 bits per heavy atom. The van der Waals surface area contributed by atoms with E-state index in [4.69, 9.17) is 4.42 Å². The van der Waals surface area contributed by atoms with Crippen LogP contribution in [0.3, 0.4) is 0 Å². The summed E-state index contributed by atoms with van der Waals surface area (Å²) in [5, 5.41) is 2.10. The third kappa shape index (κ3) is 1.53. The number of rotatable bonds is 2. The van der Waals surface area contributed by atoms with Crippen LogP contribution in [0, 0.1) is 0 Å². The molecule has 1 heterocycles. The first kappa shape index (κ1) is 10.1. The molecule has 0 N–H and O–H groups in total. The molecule has 3 aromatic rings. The van der Waals surface area contributed by atoms with Gasteiger partial charge in [-0.1, -0.05) is 13.0 Å². The Labute approximate surface area is 98.8 Å². The lowest BCUT2D eigenvalue weighted by Gasteiger charge is -1.95. The van der Waals surface area contributed by atoms with Crippen LogP contribution in [0.2, 0.25) is 0 Å². The molecule has 0 saturated carbocycles. The van der Waals surface area contributed by atoms with Crippen LogP contribution in [0.15, 0.2) is 40.8 Å². The van der Waals surface area contributed by atoms with Gasteiger partial charge in [0, 0.05) is 16.3 Å². The Bertz CT molecular complexity index is 707. The lowest BCUT2D eigenvalue weighted by atomic mass is 10.1. The van der Waals surface area contributed by atoms with E-state index in [0.717, 1.165) is 34.6 Å². The fourth-order valence-corrected chi connectivity index (χ4v) is 2.14. The summed E-state index contributed by atoms with van der Waals surface area (Å²) in [6.07, 6.45) is 1.86. The zero-order chi connectivity index (χ0) is 11.8. The van der Waals surface area contributed by atoms with E-state index in [1.807, 2.05) is 18.2 Å². The molecule has 1 aromatic heterocycles. The fraction of sp³-hybridized carbons (Fsp3) is 0.133. The summed E-state index contributed by atoms with van der Waals surface area (Å²) in [5.74, 6) is 0. The lowest BCUT2D eigenvalue weighted by Crippen LogP contribution is -1.79. The number of carbonyl (C=O) groups excluding carboxylic acids is 1. The van der Waals surface area contributed by atoms with E-state index in [1.165, 1.54) is 5.56 Å². The molecular formula is C15H12O2. The van der Waals surface area contributed by atoms with Gasteiger partial charge < -0.3 is 4.42 Å². The number of hydrogen-bond donors (Lipinski definition) is 0. The van der Waals surface area contributed by atoms with E-state index < -0.39 is 0 Å². The first-order chi connectivity index (χ1) is 8.31. The van der Waals surface area contributed by atoms with E-state index in [0.29, 0.717) is 5.56 Å². The number of benzene rings is 2. The minimum Gasteiger partial charge on any atom is -0.456 e. The smallest absolute Gasteiger partial charge is 0.150 e. The molecule has 0 fully saturated rings. The Hall–Kier alpha value is -2.09. The van der Waals surface area contributed by atoms with Crippen molar-refractivity contribution in [2.75, 3.05) is 0 Å². The second kappa shape index (κ2) is 3.74. The molecule has 17 heavy (non-hydrogen) atoms. The number of fused-ring (bicyclic) bond motifs is 3. The van der Waals surface area contributed by atoms with Crippen molar-refractivity contribution < 1.29 is 9.21 Å². The molecule has 0 aliphatic carbocycles. The van der Waals surface area contributed by atoms with Gasteiger partial charge in [-0.25, -0.2) is 0 Å². The molecule has 0 saturated heterocycles. The molecule has 2 aromatic carbocycles. The maximum Gasteiger partial charge on any atom is 0.150 e. The molecule has 0 amide bonds. The van der Waals surface area contributed by atoms with Crippen LogP contribution >= 0.6 is 0 Å². The van der Waals surface area contributed by atoms with Crippen LogP contribution in [0.1, 0.15) is 22.8 Å². The molecule has 0 aliphatic rings. The Morgan fingerprint density at radius 3 is 2.47 bits per heavy atom. The SMILES string of the molecule is CCc1ccc2oc3ccc(C=O)cc3c2c1. The summed E-state index contributed by atoms with van der Waals surface area (Å²) >= 11 is 0. The Morgan fingerprint density at radius 1 is 1.06 bits per heavy atom. The minimum absolute atomic E-state index is 0.683. The molecule has 0 unspecified atom stereocenters. The molecule has 0 spiro atoms. The molecule has 0 bridgehead atoms. The molecule has 0 atom stereocenters. The fourth-order valence-electron chi connectivity index (χ4n) is 2.14. The average molecular weight is 224 g/mol. The van der Waals surface area contributed by atoms with Crippen LogP contribution in [-0.4, -0.2) is 6.29 Å². The van der Waals surface area contributed by atoms with Crippen LogP contribution < -0.4 is 0 Å². The topological polar surface area (TPSA) is 30.2 Å². The molecular weight excluding hydrogens is 212 g/mol. The van der Waals surface area contributed by atoms with Crippen molar-refractivity contribution in [2.45, 2.75) is 13.3 Å². The molecule has 84 valence electrons. The largest absolute Gasteiger partial charge is 0.456 e. The van der Waals surface area contributed by atoms with Crippen molar-refractivity contribution in [1.82, 2.24) is 0 Å². The third-order valence-corrected chi connectivity index (χ3v) is 3.10. The zero-order valence-corrected chi connectivity index (χ0v) is 9.57. The van der Waals surface area contributed by atoms with Gasteiger partial charge in [-0.05, 0) is 42.3 Å². The Balaban J connectivity index is 2.41. The molecule has 0 aliphatic heterocycles.